The Morgan fingerprint density at radius 3 is 2.92 bits per heavy atom. The van der Waals surface area contributed by atoms with Crippen molar-refractivity contribution in [1.82, 2.24) is 9.55 Å². The van der Waals surface area contributed by atoms with Gasteiger partial charge in [-0.25, -0.2) is 4.98 Å². The molecule has 1 aliphatic rings. The van der Waals surface area contributed by atoms with Crippen molar-refractivity contribution >= 4 is 28.3 Å². The number of benzene rings is 2. The molecule has 24 heavy (non-hydrogen) atoms. The summed E-state index contributed by atoms with van der Waals surface area (Å²) in [5.41, 5.74) is 1.63. The van der Waals surface area contributed by atoms with E-state index in [1.807, 2.05) is 28.8 Å². The Labute approximate surface area is 136 Å². The third-order valence-corrected chi connectivity index (χ3v) is 3.92. The standard InChI is InChI=1S/C17H13N5O2/c23-16(11-4-3-5-12(10-11)21-24)20-17-19-14-7-2-1-6-13(14)15-18-8-9-22(15)17/h1-7,10,18H,8-9H2. The van der Waals surface area contributed by atoms with Gasteiger partial charge in [0.2, 0.25) is 5.62 Å². The predicted octanol–water partition coefficient (Wildman–Crippen LogP) is 2.60. The Bertz CT molecular complexity index is 1040. The molecule has 4 rings (SSSR count). The third kappa shape index (κ3) is 2.36. The summed E-state index contributed by atoms with van der Waals surface area (Å²) in [5, 5.41) is 7.15. The largest absolute Gasteiger partial charge is 0.369 e. The number of nitrogens with zero attached hydrogens (tertiary/aromatic N) is 4. The van der Waals surface area contributed by atoms with Crippen molar-refractivity contribution in [3.8, 4) is 0 Å². The molecule has 0 saturated heterocycles. The summed E-state index contributed by atoms with van der Waals surface area (Å²) in [4.78, 5) is 31.7. The van der Waals surface area contributed by atoms with E-state index in [0.717, 1.165) is 23.3 Å². The number of anilines is 1. The van der Waals surface area contributed by atoms with Crippen LogP contribution in [0.1, 0.15) is 10.4 Å². The van der Waals surface area contributed by atoms with Crippen LogP contribution in [0.3, 0.4) is 0 Å². The van der Waals surface area contributed by atoms with E-state index in [9.17, 15) is 9.70 Å². The minimum Gasteiger partial charge on any atom is -0.369 e. The summed E-state index contributed by atoms with van der Waals surface area (Å²) in [7, 11) is 0. The van der Waals surface area contributed by atoms with E-state index in [2.05, 4.69) is 20.5 Å². The summed E-state index contributed by atoms with van der Waals surface area (Å²) in [6.45, 7) is 1.45. The van der Waals surface area contributed by atoms with Crippen molar-refractivity contribution in [3.63, 3.8) is 0 Å². The molecule has 7 heteroatoms. The van der Waals surface area contributed by atoms with Crippen molar-refractivity contribution in [3.05, 3.63) is 64.6 Å². The number of para-hydroxylation sites is 1. The molecule has 0 fully saturated rings. The molecule has 1 N–H and O–H groups in total. The van der Waals surface area contributed by atoms with Crippen molar-refractivity contribution in [1.29, 1.82) is 0 Å². The molecule has 7 nitrogen and oxygen atoms in total. The fraction of sp³-hybridized carbons (Fsp3) is 0.118. The molecule has 0 bridgehead atoms. The van der Waals surface area contributed by atoms with E-state index in [0.29, 0.717) is 17.7 Å². The minimum absolute atomic E-state index is 0.196. The van der Waals surface area contributed by atoms with E-state index in [4.69, 9.17) is 0 Å². The molecule has 1 aliphatic heterocycles. The van der Waals surface area contributed by atoms with Gasteiger partial charge in [0, 0.05) is 24.0 Å². The summed E-state index contributed by atoms with van der Waals surface area (Å²) in [6.07, 6.45) is 0. The maximum Gasteiger partial charge on any atom is 0.280 e. The Balaban J connectivity index is 1.88. The first-order chi connectivity index (χ1) is 11.8. The van der Waals surface area contributed by atoms with Gasteiger partial charge in [-0.15, -0.1) is 4.91 Å². The van der Waals surface area contributed by atoms with Crippen LogP contribution in [0, 0.1) is 4.91 Å². The Morgan fingerprint density at radius 2 is 2.04 bits per heavy atom. The van der Waals surface area contributed by atoms with Gasteiger partial charge < -0.3 is 5.32 Å². The molecular weight excluding hydrogens is 306 g/mol. The second-order valence-electron chi connectivity index (χ2n) is 5.41. The monoisotopic (exact) mass is 319 g/mol. The highest BCUT2D eigenvalue weighted by Gasteiger charge is 2.15. The lowest BCUT2D eigenvalue weighted by atomic mass is 10.2. The van der Waals surface area contributed by atoms with Crippen molar-refractivity contribution in [2.24, 2.45) is 10.2 Å². The van der Waals surface area contributed by atoms with Crippen LogP contribution < -0.4 is 10.9 Å². The van der Waals surface area contributed by atoms with Gasteiger partial charge in [0.25, 0.3) is 5.91 Å². The van der Waals surface area contributed by atoms with Crippen molar-refractivity contribution < 1.29 is 4.79 Å². The van der Waals surface area contributed by atoms with Crippen LogP contribution in [-0.2, 0) is 6.54 Å². The minimum atomic E-state index is -0.454. The summed E-state index contributed by atoms with van der Waals surface area (Å²) in [6, 6.07) is 13.9. The number of amides is 1. The number of aromatic nitrogens is 2. The lowest BCUT2D eigenvalue weighted by Gasteiger charge is -2.07. The third-order valence-electron chi connectivity index (χ3n) is 3.92. The number of carbonyl (C=O) groups is 1. The van der Waals surface area contributed by atoms with Gasteiger partial charge in [-0.1, -0.05) is 18.2 Å². The molecule has 0 saturated carbocycles. The van der Waals surface area contributed by atoms with Gasteiger partial charge in [0.15, 0.2) is 0 Å². The smallest absolute Gasteiger partial charge is 0.280 e. The Hall–Kier alpha value is -3.35. The highest BCUT2D eigenvalue weighted by molar-refractivity contribution is 5.96. The first kappa shape index (κ1) is 14.3. The van der Waals surface area contributed by atoms with E-state index >= 15 is 0 Å². The highest BCUT2D eigenvalue weighted by Crippen LogP contribution is 2.22. The maximum absolute atomic E-state index is 12.4. The molecule has 0 unspecified atom stereocenters. The Kier molecular flexibility index (Phi) is 3.38. The molecule has 1 aromatic heterocycles. The van der Waals surface area contributed by atoms with Gasteiger partial charge in [-0.3, -0.25) is 9.36 Å². The number of nitroso groups, excluding NO2 is 1. The van der Waals surface area contributed by atoms with Gasteiger partial charge in [0.1, 0.15) is 11.5 Å². The van der Waals surface area contributed by atoms with E-state index in [1.165, 1.54) is 12.1 Å². The predicted molar refractivity (Wildman–Crippen MR) is 90.0 cm³/mol. The molecule has 3 aromatic rings. The second-order valence-corrected chi connectivity index (χ2v) is 5.41. The topological polar surface area (TPSA) is 88.7 Å². The molecule has 2 heterocycles. The van der Waals surface area contributed by atoms with Crippen LogP contribution in [0.25, 0.3) is 10.9 Å². The molecular formula is C17H13N5O2. The summed E-state index contributed by atoms with van der Waals surface area (Å²) in [5.74, 6) is 0.459. The van der Waals surface area contributed by atoms with Gasteiger partial charge in [0.05, 0.1) is 5.52 Å². The average Bonchev–Trinajstić information content (AvgIpc) is 3.12. The zero-order chi connectivity index (χ0) is 16.5. The van der Waals surface area contributed by atoms with Crippen LogP contribution in [0.2, 0.25) is 0 Å². The normalized spacial score (nSPS) is 13.6. The fourth-order valence-electron chi connectivity index (χ4n) is 2.81. The zero-order valence-corrected chi connectivity index (χ0v) is 12.6. The van der Waals surface area contributed by atoms with Gasteiger partial charge in [-0.05, 0) is 35.5 Å². The van der Waals surface area contributed by atoms with Gasteiger partial charge in [-0.2, -0.15) is 4.99 Å². The lowest BCUT2D eigenvalue weighted by molar-refractivity contribution is 0.0996. The Morgan fingerprint density at radius 1 is 1.17 bits per heavy atom. The highest BCUT2D eigenvalue weighted by atomic mass is 16.3. The molecule has 0 spiro atoms. The molecule has 0 aliphatic carbocycles. The van der Waals surface area contributed by atoms with Crippen molar-refractivity contribution in [2.45, 2.75) is 6.54 Å². The van der Waals surface area contributed by atoms with E-state index in [1.54, 1.807) is 12.1 Å². The van der Waals surface area contributed by atoms with Gasteiger partial charge >= 0.3 is 0 Å². The van der Waals surface area contributed by atoms with Crippen molar-refractivity contribution in [2.75, 3.05) is 11.9 Å². The number of fused-ring (bicyclic) bond motifs is 3. The van der Waals surface area contributed by atoms with Crippen LogP contribution in [0.15, 0.2) is 58.7 Å². The molecule has 1 amide bonds. The second kappa shape index (κ2) is 5.69. The fourth-order valence-corrected chi connectivity index (χ4v) is 2.81. The number of hydrogen-bond acceptors (Lipinski definition) is 5. The summed E-state index contributed by atoms with van der Waals surface area (Å²) < 4.78 is 1.89. The maximum atomic E-state index is 12.4. The van der Waals surface area contributed by atoms with E-state index < -0.39 is 5.91 Å². The molecule has 0 atom stereocenters. The lowest BCUT2D eigenvalue weighted by Crippen LogP contribution is -2.24. The zero-order valence-electron chi connectivity index (χ0n) is 12.6. The molecule has 118 valence electrons. The van der Waals surface area contributed by atoms with E-state index in [-0.39, 0.29) is 5.69 Å². The number of carbonyl (C=O) groups excluding carboxylic acids is 1. The molecule has 0 radical (unpaired) electrons. The summed E-state index contributed by atoms with van der Waals surface area (Å²) >= 11 is 0. The first-order valence-corrected chi connectivity index (χ1v) is 7.52. The number of hydrogen-bond donors (Lipinski definition) is 1. The van der Waals surface area contributed by atoms with Crippen LogP contribution in [0.4, 0.5) is 11.5 Å². The quantitative estimate of drug-likeness (QED) is 0.735. The SMILES string of the molecule is O=Nc1cccc(C(=O)N=c2nc3ccccc3c3n2CCN3)c1. The first-order valence-electron chi connectivity index (χ1n) is 7.52. The van der Waals surface area contributed by atoms with Crippen LogP contribution >= 0.6 is 0 Å². The van der Waals surface area contributed by atoms with Crippen LogP contribution in [0.5, 0.6) is 0 Å². The average molecular weight is 319 g/mol. The van der Waals surface area contributed by atoms with Crippen LogP contribution in [-0.4, -0.2) is 22.0 Å². The number of nitrogens with one attached hydrogen (secondary N) is 1. The number of rotatable bonds is 2. The molecule has 2 aromatic carbocycles.